The van der Waals surface area contributed by atoms with Crippen molar-refractivity contribution in [3.8, 4) is 0 Å². The van der Waals surface area contributed by atoms with Crippen molar-refractivity contribution in [1.29, 1.82) is 0 Å². The van der Waals surface area contributed by atoms with Gasteiger partial charge in [-0.3, -0.25) is 9.13 Å². The van der Waals surface area contributed by atoms with Crippen molar-refractivity contribution in [2.75, 3.05) is 0 Å². The molecule has 1 aromatic carbocycles. The van der Waals surface area contributed by atoms with Crippen LogP contribution >= 0.6 is 27.5 Å². The van der Waals surface area contributed by atoms with E-state index in [4.69, 9.17) is 11.6 Å². The molecule has 0 amide bonds. The van der Waals surface area contributed by atoms with Crippen molar-refractivity contribution in [1.82, 2.24) is 9.13 Å². The maximum Gasteiger partial charge on any atom is 0.328 e. The first-order valence-corrected chi connectivity index (χ1v) is 7.96. The van der Waals surface area contributed by atoms with Crippen LogP contribution in [0.2, 0.25) is 0 Å². The van der Waals surface area contributed by atoms with E-state index in [0.29, 0.717) is 11.3 Å². The second-order valence-corrected chi connectivity index (χ2v) is 7.79. The van der Waals surface area contributed by atoms with Gasteiger partial charge >= 0.3 is 5.69 Å². The molecule has 0 saturated heterocycles. The number of aryl methyl sites for hydroxylation is 2. The van der Waals surface area contributed by atoms with Gasteiger partial charge < -0.3 is 0 Å². The minimum absolute atomic E-state index is 0.0121. The van der Waals surface area contributed by atoms with Crippen molar-refractivity contribution in [3.63, 3.8) is 0 Å². The Kier molecular flexibility index (Phi) is 3.11. The molecule has 2 aromatic rings. The molecule has 108 valence electrons. The predicted molar refractivity (Wildman–Crippen MR) is 86.3 cm³/mol. The fourth-order valence-corrected chi connectivity index (χ4v) is 4.29. The van der Waals surface area contributed by atoms with E-state index in [2.05, 4.69) is 29.8 Å². The van der Waals surface area contributed by atoms with Gasteiger partial charge in [-0.1, -0.05) is 29.8 Å². The minimum atomic E-state index is -0.0147. The number of rotatable bonds is 2. The van der Waals surface area contributed by atoms with Crippen LogP contribution in [0.1, 0.15) is 31.2 Å². The van der Waals surface area contributed by atoms with Gasteiger partial charge in [-0.05, 0) is 35.4 Å². The first-order valence-electron chi connectivity index (χ1n) is 6.73. The molecule has 0 N–H and O–H groups in total. The molecule has 0 aliphatic heterocycles. The van der Waals surface area contributed by atoms with E-state index < -0.39 is 0 Å². The summed E-state index contributed by atoms with van der Waals surface area (Å²) < 4.78 is 4.31. The van der Waals surface area contributed by atoms with E-state index in [1.807, 2.05) is 12.1 Å². The molecular formula is C15H18BrClN2O. The number of aromatic nitrogens is 2. The molecule has 1 saturated carbocycles. The fourth-order valence-electron chi connectivity index (χ4n) is 2.97. The predicted octanol–water partition coefficient (Wildman–Crippen LogP) is 3.97. The average Bonchev–Trinajstić information content (AvgIpc) is 2.98. The maximum absolute atomic E-state index is 12.0. The Bertz CT molecular complexity index is 759. The molecule has 1 aliphatic carbocycles. The van der Waals surface area contributed by atoms with Gasteiger partial charge in [0.2, 0.25) is 0 Å². The zero-order valence-corrected chi connectivity index (χ0v) is 14.4. The third-order valence-corrected chi connectivity index (χ3v) is 5.86. The number of halogens is 2. The molecule has 3 rings (SSSR count). The molecule has 1 aromatic heterocycles. The van der Waals surface area contributed by atoms with Gasteiger partial charge in [0.05, 0.1) is 16.4 Å². The molecule has 2 unspecified atom stereocenters. The van der Waals surface area contributed by atoms with E-state index in [1.54, 1.807) is 23.2 Å². The smallest absolute Gasteiger partial charge is 0.295 e. The molecule has 3 nitrogen and oxygen atoms in total. The standard InChI is InChI=1S/C15H18BrClN2O/c1-15(2)7-9(15)13(17)8-5-11-12(6-10(8)16)19(4)14(20)18(11)3/h5-6,9,13H,7H2,1-4H3. The molecule has 0 spiro atoms. The van der Waals surface area contributed by atoms with E-state index in [-0.39, 0.29) is 11.1 Å². The number of benzene rings is 1. The molecule has 5 heteroatoms. The Hall–Kier alpha value is -0.740. The van der Waals surface area contributed by atoms with Gasteiger partial charge in [-0.15, -0.1) is 11.6 Å². The molecule has 1 aliphatic rings. The number of hydrogen-bond acceptors (Lipinski definition) is 1. The van der Waals surface area contributed by atoms with Crippen LogP contribution in [0.15, 0.2) is 21.4 Å². The van der Waals surface area contributed by atoms with E-state index in [1.165, 1.54) is 0 Å². The molecular weight excluding hydrogens is 340 g/mol. The third kappa shape index (κ3) is 1.96. The Morgan fingerprint density at radius 2 is 1.80 bits per heavy atom. The summed E-state index contributed by atoms with van der Waals surface area (Å²) in [5.41, 5.74) is 3.24. The van der Waals surface area contributed by atoms with Gasteiger partial charge in [-0.25, -0.2) is 4.79 Å². The topological polar surface area (TPSA) is 26.9 Å². The lowest BCUT2D eigenvalue weighted by Gasteiger charge is -2.14. The van der Waals surface area contributed by atoms with Crippen LogP contribution < -0.4 is 5.69 Å². The zero-order valence-electron chi connectivity index (χ0n) is 12.1. The van der Waals surface area contributed by atoms with Crippen molar-refractivity contribution in [2.24, 2.45) is 25.4 Å². The molecule has 20 heavy (non-hydrogen) atoms. The van der Waals surface area contributed by atoms with Crippen molar-refractivity contribution < 1.29 is 0 Å². The Balaban J connectivity index is 2.15. The monoisotopic (exact) mass is 356 g/mol. The molecule has 1 fully saturated rings. The number of hydrogen-bond donors (Lipinski definition) is 0. The van der Waals surface area contributed by atoms with Crippen LogP contribution in [0, 0.1) is 11.3 Å². The van der Waals surface area contributed by atoms with Crippen LogP contribution in [-0.2, 0) is 14.1 Å². The highest BCUT2D eigenvalue weighted by atomic mass is 79.9. The lowest BCUT2D eigenvalue weighted by Crippen LogP contribution is -2.19. The summed E-state index contributed by atoms with van der Waals surface area (Å²) in [6, 6.07) is 4.05. The highest BCUT2D eigenvalue weighted by Gasteiger charge is 2.50. The van der Waals surface area contributed by atoms with Crippen LogP contribution in [0.5, 0.6) is 0 Å². The van der Waals surface area contributed by atoms with Crippen molar-refractivity contribution >= 4 is 38.6 Å². The molecule has 1 heterocycles. The van der Waals surface area contributed by atoms with Gasteiger partial charge in [0.1, 0.15) is 0 Å². The number of imidazole rings is 1. The quantitative estimate of drug-likeness (QED) is 0.747. The number of alkyl halides is 1. The van der Waals surface area contributed by atoms with Crippen LogP contribution in [-0.4, -0.2) is 9.13 Å². The largest absolute Gasteiger partial charge is 0.328 e. The summed E-state index contributed by atoms with van der Waals surface area (Å²) in [7, 11) is 3.59. The number of fused-ring (bicyclic) bond motifs is 1. The maximum atomic E-state index is 12.0. The molecule has 2 atom stereocenters. The highest BCUT2D eigenvalue weighted by molar-refractivity contribution is 9.10. The first-order chi connectivity index (χ1) is 9.24. The van der Waals surface area contributed by atoms with E-state index in [9.17, 15) is 4.79 Å². The summed E-state index contributed by atoms with van der Waals surface area (Å²) in [5.74, 6) is 0.499. The summed E-state index contributed by atoms with van der Waals surface area (Å²) in [6.45, 7) is 4.50. The average molecular weight is 358 g/mol. The van der Waals surface area contributed by atoms with Crippen LogP contribution in [0.4, 0.5) is 0 Å². The summed E-state index contributed by atoms with van der Waals surface area (Å²) >= 11 is 10.3. The lowest BCUT2D eigenvalue weighted by atomic mass is 10.0. The Morgan fingerprint density at radius 3 is 2.30 bits per heavy atom. The normalized spacial score (nSPS) is 22.2. The Labute approximate surface area is 131 Å². The minimum Gasteiger partial charge on any atom is -0.295 e. The van der Waals surface area contributed by atoms with Crippen LogP contribution in [0.25, 0.3) is 11.0 Å². The lowest BCUT2D eigenvalue weighted by molar-refractivity contribution is 0.548. The van der Waals surface area contributed by atoms with E-state index >= 15 is 0 Å². The second kappa shape index (κ2) is 4.38. The summed E-state index contributed by atoms with van der Waals surface area (Å²) in [5, 5.41) is -0.0147. The SMILES string of the molecule is Cn1c(=O)n(C)c2cc(C(Cl)C3CC3(C)C)c(Br)cc21. The Morgan fingerprint density at radius 1 is 1.30 bits per heavy atom. The van der Waals surface area contributed by atoms with Gasteiger partial charge in [-0.2, -0.15) is 0 Å². The van der Waals surface area contributed by atoms with E-state index in [0.717, 1.165) is 27.5 Å². The molecule has 0 bridgehead atoms. The van der Waals surface area contributed by atoms with Gasteiger partial charge in [0, 0.05) is 18.6 Å². The van der Waals surface area contributed by atoms with Gasteiger partial charge in [0.15, 0.2) is 0 Å². The second-order valence-electron chi connectivity index (χ2n) is 6.46. The first kappa shape index (κ1) is 14.2. The summed E-state index contributed by atoms with van der Waals surface area (Å²) in [4.78, 5) is 12.0. The highest BCUT2D eigenvalue weighted by Crippen LogP contribution is 2.60. The van der Waals surface area contributed by atoms with Crippen molar-refractivity contribution in [2.45, 2.75) is 25.6 Å². The summed E-state index contributed by atoms with van der Waals surface area (Å²) in [6.07, 6.45) is 1.15. The van der Waals surface area contributed by atoms with Crippen LogP contribution in [0.3, 0.4) is 0 Å². The third-order valence-electron chi connectivity index (χ3n) is 4.63. The van der Waals surface area contributed by atoms with Crippen molar-refractivity contribution in [3.05, 3.63) is 32.7 Å². The number of nitrogens with zero attached hydrogens (tertiary/aromatic N) is 2. The van der Waals surface area contributed by atoms with Gasteiger partial charge in [0.25, 0.3) is 0 Å². The fraction of sp³-hybridized carbons (Fsp3) is 0.533. The zero-order chi connectivity index (χ0) is 14.8. The molecule has 0 radical (unpaired) electrons.